The van der Waals surface area contributed by atoms with Crippen molar-refractivity contribution in [1.29, 1.82) is 0 Å². The zero-order valence-electron chi connectivity index (χ0n) is 20.8. The molecule has 194 valence electrons. The lowest BCUT2D eigenvalue weighted by atomic mass is 9.87. The molecule has 2 aliphatic rings. The van der Waals surface area contributed by atoms with Gasteiger partial charge in [-0.15, -0.1) is 0 Å². The number of nitrogens with zero attached hydrogens (tertiary/aromatic N) is 6. The number of fused-ring (bicyclic) bond motifs is 4. The van der Waals surface area contributed by atoms with E-state index in [1.807, 2.05) is 41.7 Å². The van der Waals surface area contributed by atoms with Crippen molar-refractivity contribution in [3.63, 3.8) is 0 Å². The highest BCUT2D eigenvalue weighted by molar-refractivity contribution is 6.06. The number of halogens is 3. The second-order valence-electron chi connectivity index (χ2n) is 10.4. The summed E-state index contributed by atoms with van der Waals surface area (Å²) in [7, 11) is 0. The van der Waals surface area contributed by atoms with Gasteiger partial charge in [-0.2, -0.15) is 18.2 Å². The van der Waals surface area contributed by atoms with Gasteiger partial charge in [-0.25, -0.2) is 9.97 Å². The molecule has 7 nitrogen and oxygen atoms in total. The van der Waals surface area contributed by atoms with Crippen LogP contribution in [0, 0.1) is 5.92 Å². The molecule has 1 N–H and O–H groups in total. The fourth-order valence-corrected chi connectivity index (χ4v) is 5.73. The normalized spacial score (nSPS) is 20.9. The lowest BCUT2D eigenvalue weighted by molar-refractivity contribution is -0.138. The van der Waals surface area contributed by atoms with Crippen LogP contribution in [0.2, 0.25) is 0 Å². The monoisotopic (exact) mass is 509 g/mol. The predicted molar refractivity (Wildman–Crippen MR) is 137 cm³/mol. The zero-order valence-corrected chi connectivity index (χ0v) is 20.8. The van der Waals surface area contributed by atoms with E-state index in [0.717, 1.165) is 52.0 Å². The first-order valence-corrected chi connectivity index (χ1v) is 13.0. The van der Waals surface area contributed by atoms with Gasteiger partial charge in [0.15, 0.2) is 0 Å². The molecule has 6 rings (SSSR count). The van der Waals surface area contributed by atoms with Crippen LogP contribution in [0.5, 0.6) is 0 Å². The Kier molecular flexibility index (Phi) is 6.22. The highest BCUT2D eigenvalue weighted by atomic mass is 19.4. The molecule has 0 bridgehead atoms. The highest BCUT2D eigenvalue weighted by Crippen LogP contribution is 2.38. The van der Waals surface area contributed by atoms with E-state index in [-0.39, 0.29) is 6.54 Å². The minimum absolute atomic E-state index is 0.0141. The van der Waals surface area contributed by atoms with Crippen LogP contribution in [0.1, 0.15) is 56.3 Å². The Bertz CT molecular complexity index is 1420. The van der Waals surface area contributed by atoms with Gasteiger partial charge in [-0.1, -0.05) is 13.0 Å². The molecule has 0 unspecified atom stereocenters. The Hall–Kier alpha value is -3.27. The molecule has 0 atom stereocenters. The van der Waals surface area contributed by atoms with E-state index >= 15 is 0 Å². The van der Waals surface area contributed by atoms with Crippen molar-refractivity contribution in [3.8, 4) is 0 Å². The van der Waals surface area contributed by atoms with Gasteiger partial charge in [0.2, 0.25) is 5.95 Å². The van der Waals surface area contributed by atoms with E-state index in [1.165, 1.54) is 12.8 Å². The van der Waals surface area contributed by atoms with E-state index in [1.54, 1.807) is 0 Å². The molecule has 0 spiro atoms. The molecule has 4 aromatic rings. The maximum atomic E-state index is 12.6. The van der Waals surface area contributed by atoms with Crippen LogP contribution in [0.3, 0.4) is 0 Å². The maximum Gasteiger partial charge on any atom is 0.390 e. The van der Waals surface area contributed by atoms with Crippen molar-refractivity contribution in [1.82, 2.24) is 29.4 Å². The Morgan fingerprint density at radius 3 is 2.68 bits per heavy atom. The molecule has 0 radical (unpaired) electrons. The van der Waals surface area contributed by atoms with Gasteiger partial charge in [0.25, 0.3) is 0 Å². The van der Waals surface area contributed by atoms with E-state index in [4.69, 9.17) is 9.97 Å². The molecule has 1 aliphatic heterocycles. The smallest absolute Gasteiger partial charge is 0.321 e. The molecule has 1 saturated carbocycles. The number of pyridine rings is 2. The number of hydrogen-bond acceptors (Lipinski definition) is 6. The van der Waals surface area contributed by atoms with Crippen LogP contribution in [-0.2, 0) is 13.0 Å². The summed E-state index contributed by atoms with van der Waals surface area (Å²) < 4.78 is 40.2. The molecule has 4 aromatic heterocycles. The average Bonchev–Trinajstić information content (AvgIpc) is 3.21. The zero-order chi connectivity index (χ0) is 25.6. The molecule has 0 saturated heterocycles. The van der Waals surface area contributed by atoms with Crippen molar-refractivity contribution in [2.75, 3.05) is 18.4 Å². The fraction of sp³-hybridized carbons (Fsp3) is 0.481. The number of hydrogen-bond donors (Lipinski definition) is 1. The van der Waals surface area contributed by atoms with Crippen LogP contribution >= 0.6 is 0 Å². The van der Waals surface area contributed by atoms with Gasteiger partial charge < -0.3 is 9.88 Å². The number of rotatable bonds is 5. The molecule has 10 heteroatoms. The minimum Gasteiger partial charge on any atom is -0.321 e. The van der Waals surface area contributed by atoms with Crippen molar-refractivity contribution in [2.45, 2.75) is 64.2 Å². The van der Waals surface area contributed by atoms with Crippen molar-refractivity contribution >= 4 is 33.7 Å². The van der Waals surface area contributed by atoms with Crippen LogP contribution in [0.15, 0.2) is 36.8 Å². The molecule has 5 heterocycles. The first-order valence-electron chi connectivity index (χ1n) is 13.0. The second kappa shape index (κ2) is 9.55. The molecule has 0 amide bonds. The van der Waals surface area contributed by atoms with E-state index < -0.39 is 12.6 Å². The molecular weight excluding hydrogens is 479 g/mol. The number of aromatic nitrogens is 5. The third kappa shape index (κ3) is 4.99. The lowest BCUT2D eigenvalue weighted by Crippen LogP contribution is -2.33. The van der Waals surface area contributed by atoms with Gasteiger partial charge in [-0.3, -0.25) is 9.88 Å². The first-order chi connectivity index (χ1) is 17.8. The SMILES string of the molecule is CC1CCC(n2c3cnccc3c3cnc(Nc4ccc5c(n4)CCN(CCC(F)(F)F)C5)nc32)CC1. The summed E-state index contributed by atoms with van der Waals surface area (Å²) in [6.07, 6.45) is 5.93. The van der Waals surface area contributed by atoms with Crippen LogP contribution in [-0.4, -0.2) is 48.7 Å². The van der Waals surface area contributed by atoms with Crippen molar-refractivity contribution in [3.05, 3.63) is 48.0 Å². The molecule has 1 fully saturated rings. The average molecular weight is 510 g/mol. The van der Waals surface area contributed by atoms with E-state index in [2.05, 4.69) is 26.8 Å². The molecule has 37 heavy (non-hydrogen) atoms. The Balaban J connectivity index is 1.26. The van der Waals surface area contributed by atoms with Gasteiger partial charge >= 0.3 is 6.18 Å². The van der Waals surface area contributed by atoms with Crippen LogP contribution < -0.4 is 5.32 Å². The third-order valence-electron chi connectivity index (χ3n) is 7.78. The number of anilines is 2. The highest BCUT2D eigenvalue weighted by Gasteiger charge is 2.29. The summed E-state index contributed by atoms with van der Waals surface area (Å²) >= 11 is 0. The maximum absolute atomic E-state index is 12.6. The number of nitrogens with one attached hydrogen (secondary N) is 1. The standard InChI is InChI=1S/C27H30F3N7/c1-17-2-5-19(6-3-17)37-23-15-31-11-8-20(23)21-14-32-26(35-25(21)37)34-24-7-4-18-16-36(12-9-22(18)33-24)13-10-27(28,29)30/h4,7-8,11,14-15,17,19H,2-3,5-6,9-10,12-13,16H2,1H3,(H,32,33,34,35). The largest absolute Gasteiger partial charge is 0.390 e. The van der Waals surface area contributed by atoms with Gasteiger partial charge in [0.1, 0.15) is 11.5 Å². The topological polar surface area (TPSA) is 71.8 Å². The van der Waals surface area contributed by atoms with Crippen molar-refractivity contribution < 1.29 is 13.2 Å². The van der Waals surface area contributed by atoms with E-state index in [9.17, 15) is 13.2 Å². The Morgan fingerprint density at radius 2 is 1.86 bits per heavy atom. The Morgan fingerprint density at radius 1 is 1.03 bits per heavy atom. The minimum atomic E-state index is -4.13. The lowest BCUT2D eigenvalue weighted by Gasteiger charge is -2.28. The summed E-state index contributed by atoms with van der Waals surface area (Å²) in [5.74, 6) is 1.86. The molecule has 1 aliphatic carbocycles. The third-order valence-corrected chi connectivity index (χ3v) is 7.78. The van der Waals surface area contributed by atoms with Gasteiger partial charge in [-0.05, 0) is 49.3 Å². The molecular formula is C27H30F3N7. The molecule has 0 aromatic carbocycles. The van der Waals surface area contributed by atoms with Crippen LogP contribution in [0.25, 0.3) is 21.9 Å². The summed E-state index contributed by atoms with van der Waals surface area (Å²) in [4.78, 5) is 20.5. The van der Waals surface area contributed by atoms with Crippen LogP contribution in [0.4, 0.5) is 24.9 Å². The Labute approximate surface area is 213 Å². The van der Waals surface area contributed by atoms with Gasteiger partial charge in [0.05, 0.1) is 18.1 Å². The predicted octanol–water partition coefficient (Wildman–Crippen LogP) is 6.18. The summed E-state index contributed by atoms with van der Waals surface area (Å²) in [5.41, 5.74) is 3.86. The first kappa shape index (κ1) is 24.1. The summed E-state index contributed by atoms with van der Waals surface area (Å²) in [6.45, 7) is 3.38. The van der Waals surface area contributed by atoms with E-state index in [0.29, 0.717) is 37.3 Å². The summed E-state index contributed by atoms with van der Waals surface area (Å²) in [6, 6.07) is 6.19. The fourth-order valence-electron chi connectivity index (χ4n) is 5.73. The summed E-state index contributed by atoms with van der Waals surface area (Å²) in [5, 5.41) is 5.38. The quantitative estimate of drug-likeness (QED) is 0.346. The second-order valence-corrected chi connectivity index (χ2v) is 10.4. The van der Waals surface area contributed by atoms with Gasteiger partial charge in [0, 0.05) is 61.0 Å². The van der Waals surface area contributed by atoms with Crippen molar-refractivity contribution in [2.24, 2.45) is 5.92 Å². The number of alkyl halides is 3.